The Labute approximate surface area is 294 Å². The molecular weight excluding hydrogens is 661 g/mol. The number of ether oxygens (including phenoxy) is 1. The summed E-state index contributed by atoms with van der Waals surface area (Å²) in [6.45, 7) is 6.81. The summed E-state index contributed by atoms with van der Waals surface area (Å²) >= 11 is 0. The Morgan fingerprint density at radius 3 is 2.47 bits per heavy atom. The number of pyridine rings is 1. The van der Waals surface area contributed by atoms with E-state index in [1.807, 2.05) is 17.0 Å². The predicted molar refractivity (Wildman–Crippen MR) is 190 cm³/mol. The molecule has 0 unspecified atom stereocenters. The van der Waals surface area contributed by atoms with E-state index in [0.717, 1.165) is 36.4 Å². The maximum absolute atomic E-state index is 13.3. The number of hydrogen-bond acceptors (Lipinski definition) is 9. The largest absolute Gasteiger partial charge is 0.433 e. The van der Waals surface area contributed by atoms with E-state index >= 15 is 0 Å². The van der Waals surface area contributed by atoms with Gasteiger partial charge in [-0.3, -0.25) is 35.7 Å². The molecule has 51 heavy (non-hydrogen) atoms. The van der Waals surface area contributed by atoms with Gasteiger partial charge in [0.05, 0.1) is 12.3 Å². The maximum atomic E-state index is 13.3. The summed E-state index contributed by atoms with van der Waals surface area (Å²) < 4.78 is 44.7. The van der Waals surface area contributed by atoms with Crippen molar-refractivity contribution in [3.8, 4) is 0 Å². The molecule has 3 heterocycles. The summed E-state index contributed by atoms with van der Waals surface area (Å²) in [4.78, 5) is 34.3. The topological polar surface area (TPSA) is 164 Å². The van der Waals surface area contributed by atoms with Gasteiger partial charge < -0.3 is 20.3 Å². The number of carbonyl (C=O) groups excluding carboxylic acids is 2. The lowest BCUT2D eigenvalue weighted by molar-refractivity contribution is -0.141. The number of amides is 2. The minimum absolute atomic E-state index is 0.00285. The van der Waals surface area contributed by atoms with Crippen molar-refractivity contribution in [2.24, 2.45) is 5.41 Å². The summed E-state index contributed by atoms with van der Waals surface area (Å²) in [6, 6.07) is 14.3. The number of hydrogen-bond donors (Lipinski definition) is 4. The van der Waals surface area contributed by atoms with E-state index < -0.39 is 11.9 Å². The van der Waals surface area contributed by atoms with E-state index in [9.17, 15) is 22.8 Å². The molecule has 268 valence electrons. The minimum atomic E-state index is -4.66. The SMILES string of the molecule is CC(=N)OC(=N)c1ccc(C2=CCN(C(=O)CN3CC[C@](C)(CCN(C=O)c4ccc(N)c(C(=N)c5ccnc(C(F)(F)F)c5)c4)C3)CC2)cc1. The molecule has 5 N–H and O–H groups in total. The van der Waals surface area contributed by atoms with Crippen molar-refractivity contribution in [1.82, 2.24) is 14.8 Å². The number of likely N-dealkylation sites (tertiary alicyclic amines) is 1. The van der Waals surface area contributed by atoms with Crippen LogP contribution in [0.4, 0.5) is 24.5 Å². The molecule has 2 amide bonds. The van der Waals surface area contributed by atoms with Gasteiger partial charge in [-0.2, -0.15) is 13.2 Å². The molecule has 1 aromatic heterocycles. The number of nitrogens with zero attached hydrogens (tertiary/aromatic N) is 4. The molecule has 0 aliphatic carbocycles. The summed E-state index contributed by atoms with van der Waals surface area (Å²) in [6.07, 6.45) is 1.29. The fourth-order valence-electron chi connectivity index (χ4n) is 6.43. The zero-order chi connectivity index (χ0) is 36.9. The number of nitrogen functional groups attached to an aromatic ring is 1. The van der Waals surface area contributed by atoms with Gasteiger partial charge in [0.2, 0.25) is 18.2 Å². The van der Waals surface area contributed by atoms with Gasteiger partial charge in [-0.15, -0.1) is 0 Å². The van der Waals surface area contributed by atoms with Gasteiger partial charge in [0.1, 0.15) is 5.69 Å². The van der Waals surface area contributed by atoms with Crippen LogP contribution in [0.1, 0.15) is 61.1 Å². The van der Waals surface area contributed by atoms with Gasteiger partial charge in [-0.25, -0.2) is 0 Å². The number of nitrogens with two attached hydrogens (primary N) is 1. The van der Waals surface area contributed by atoms with Crippen LogP contribution < -0.4 is 10.6 Å². The molecule has 0 bridgehead atoms. The van der Waals surface area contributed by atoms with Crippen LogP contribution in [0.15, 0.2) is 66.9 Å². The van der Waals surface area contributed by atoms with E-state index in [1.54, 1.807) is 18.2 Å². The van der Waals surface area contributed by atoms with Crippen molar-refractivity contribution < 1.29 is 27.5 Å². The highest BCUT2D eigenvalue weighted by Gasteiger charge is 2.36. The van der Waals surface area contributed by atoms with Gasteiger partial charge in [0.15, 0.2) is 5.90 Å². The van der Waals surface area contributed by atoms with E-state index in [-0.39, 0.29) is 45.6 Å². The molecule has 0 radical (unpaired) electrons. The van der Waals surface area contributed by atoms with Crippen LogP contribution in [0.5, 0.6) is 0 Å². The van der Waals surface area contributed by atoms with Crippen LogP contribution >= 0.6 is 0 Å². The number of benzene rings is 2. The van der Waals surface area contributed by atoms with Crippen molar-refractivity contribution in [2.75, 3.05) is 49.9 Å². The second kappa shape index (κ2) is 15.3. The monoisotopic (exact) mass is 702 g/mol. The molecule has 2 aliphatic rings. The van der Waals surface area contributed by atoms with Gasteiger partial charge in [-0.1, -0.05) is 25.1 Å². The second-order valence-electron chi connectivity index (χ2n) is 13.3. The van der Waals surface area contributed by atoms with Gasteiger partial charge in [-0.05, 0) is 84.8 Å². The zero-order valence-corrected chi connectivity index (χ0v) is 28.5. The third kappa shape index (κ3) is 9.06. The highest BCUT2D eigenvalue weighted by atomic mass is 19.4. The Bertz CT molecular complexity index is 1860. The lowest BCUT2D eigenvalue weighted by Gasteiger charge is -2.30. The minimum Gasteiger partial charge on any atom is -0.426 e. The molecule has 0 saturated carbocycles. The fraction of sp³-hybridized carbons (Fsp3) is 0.351. The fourth-order valence-corrected chi connectivity index (χ4v) is 6.43. The smallest absolute Gasteiger partial charge is 0.426 e. The standard InChI is InChI=1S/C37H41F3N8O3/c1-24(41)51-35(44)27-5-3-25(4-6-27)26-10-15-47(16-11-26)33(50)21-46-17-12-36(2,22-46)13-18-48(23-49)29-7-8-31(42)30(20-29)34(43)28-9-14-45-32(19-28)37(38,39)40/h3-10,14,19-20,23,41,43-44H,11-13,15-18,21-22,42H2,1-2H3/t36-/m1/s1. The highest BCUT2D eigenvalue weighted by Crippen LogP contribution is 2.35. The van der Waals surface area contributed by atoms with Crippen LogP contribution in [-0.4, -0.2) is 83.9 Å². The number of halogens is 3. The lowest BCUT2D eigenvalue weighted by atomic mass is 9.86. The molecule has 11 nitrogen and oxygen atoms in total. The number of nitrogens with one attached hydrogen (secondary N) is 3. The average Bonchev–Trinajstić information content (AvgIpc) is 3.48. The Kier molecular flexibility index (Phi) is 11.0. The van der Waals surface area contributed by atoms with Crippen LogP contribution in [0, 0.1) is 21.6 Å². The van der Waals surface area contributed by atoms with Gasteiger partial charge >= 0.3 is 6.18 Å². The first-order chi connectivity index (χ1) is 24.2. The Hall–Kier alpha value is -5.37. The molecule has 14 heteroatoms. The zero-order valence-electron chi connectivity index (χ0n) is 28.5. The van der Waals surface area contributed by atoms with Crippen molar-refractivity contribution in [2.45, 2.75) is 39.3 Å². The number of alkyl halides is 3. The normalized spacial score (nSPS) is 17.8. The summed E-state index contributed by atoms with van der Waals surface area (Å²) in [7, 11) is 0. The van der Waals surface area contributed by atoms with Crippen LogP contribution in [-0.2, 0) is 20.5 Å². The molecule has 5 rings (SSSR count). The van der Waals surface area contributed by atoms with Gasteiger partial charge in [0.25, 0.3) is 0 Å². The van der Waals surface area contributed by atoms with Crippen molar-refractivity contribution in [1.29, 1.82) is 16.2 Å². The maximum Gasteiger partial charge on any atom is 0.433 e. The number of rotatable bonds is 11. The Morgan fingerprint density at radius 1 is 1.08 bits per heavy atom. The first kappa shape index (κ1) is 36.9. The number of anilines is 2. The predicted octanol–water partition coefficient (Wildman–Crippen LogP) is 5.82. The third-order valence-corrected chi connectivity index (χ3v) is 9.39. The van der Waals surface area contributed by atoms with Crippen molar-refractivity contribution in [3.05, 3.63) is 94.8 Å². The molecule has 1 saturated heterocycles. The highest BCUT2D eigenvalue weighted by molar-refractivity contribution is 6.14. The van der Waals surface area contributed by atoms with E-state index in [0.29, 0.717) is 63.2 Å². The van der Waals surface area contributed by atoms with E-state index in [4.69, 9.17) is 26.7 Å². The number of carbonyl (C=O) groups is 2. The summed E-state index contributed by atoms with van der Waals surface area (Å²) in [5.74, 6) is -0.0640. The molecule has 2 aromatic carbocycles. The summed E-state index contributed by atoms with van der Waals surface area (Å²) in [5, 5.41) is 23.9. The second-order valence-corrected chi connectivity index (χ2v) is 13.3. The van der Waals surface area contributed by atoms with Crippen LogP contribution in [0.2, 0.25) is 0 Å². The first-order valence-electron chi connectivity index (χ1n) is 16.5. The molecule has 1 atom stereocenters. The van der Waals surface area contributed by atoms with Crippen molar-refractivity contribution >= 4 is 46.8 Å². The molecule has 1 fully saturated rings. The number of aromatic nitrogens is 1. The molecule has 2 aliphatic heterocycles. The molecule has 0 spiro atoms. The third-order valence-electron chi connectivity index (χ3n) is 9.39. The average molecular weight is 703 g/mol. The van der Waals surface area contributed by atoms with Crippen LogP contribution in [0.25, 0.3) is 5.57 Å². The molecular formula is C37H41F3N8O3. The van der Waals surface area contributed by atoms with Crippen molar-refractivity contribution in [3.63, 3.8) is 0 Å². The first-order valence-corrected chi connectivity index (χ1v) is 16.5. The van der Waals surface area contributed by atoms with E-state index in [2.05, 4.69) is 22.9 Å². The van der Waals surface area contributed by atoms with Crippen LogP contribution in [0.3, 0.4) is 0 Å². The van der Waals surface area contributed by atoms with E-state index in [1.165, 1.54) is 30.0 Å². The molecule has 3 aromatic rings. The Morgan fingerprint density at radius 2 is 1.82 bits per heavy atom. The quantitative estimate of drug-likeness (QED) is 0.0852. The Balaban J connectivity index is 1.14. The van der Waals surface area contributed by atoms with Gasteiger partial charge in [0, 0.05) is 67.4 Å². The lowest BCUT2D eigenvalue weighted by Crippen LogP contribution is -2.42. The summed E-state index contributed by atoms with van der Waals surface area (Å²) in [5.41, 5.74) is 8.24.